The Morgan fingerprint density at radius 2 is 0.617 bits per heavy atom. The van der Waals surface area contributed by atoms with E-state index in [-0.39, 0.29) is 26.2 Å². The van der Waals surface area contributed by atoms with Crippen molar-refractivity contribution < 1.29 is 45.2 Å². The van der Waals surface area contributed by atoms with Gasteiger partial charge in [0.1, 0.15) is 0 Å². The third-order valence-electron chi connectivity index (χ3n) is 7.29. The van der Waals surface area contributed by atoms with Crippen LogP contribution in [0.5, 0.6) is 23.0 Å². The predicted octanol–water partition coefficient (Wildman–Crippen LogP) is 7.48. The second kappa shape index (κ2) is 18.7. The largest absolute Gasteiger partial charge is 2.00 e. The number of ether oxygens (including phenoxy) is 4. The van der Waals surface area contributed by atoms with E-state index in [1.807, 2.05) is 113 Å². The molecule has 0 N–H and O–H groups in total. The second-order valence-electron chi connectivity index (χ2n) is 10.2. The number of benzene rings is 5. The van der Waals surface area contributed by atoms with Crippen molar-refractivity contribution >= 4 is 33.7 Å². The van der Waals surface area contributed by atoms with E-state index in [0.29, 0.717) is 23.0 Å². The Morgan fingerprint density at radius 3 is 0.872 bits per heavy atom. The molecule has 0 spiro atoms. The van der Waals surface area contributed by atoms with Crippen molar-refractivity contribution in [3.63, 3.8) is 0 Å². The molecule has 232 valence electrons. The van der Waals surface area contributed by atoms with Gasteiger partial charge >= 0.3 is 26.2 Å². The van der Waals surface area contributed by atoms with Gasteiger partial charge < -0.3 is 18.9 Å². The van der Waals surface area contributed by atoms with Gasteiger partial charge in [0.05, 0.1) is 51.4 Å². The van der Waals surface area contributed by atoms with E-state index in [2.05, 4.69) is 48.6 Å². The van der Waals surface area contributed by atoms with E-state index in [4.69, 9.17) is 18.9 Å². The van der Waals surface area contributed by atoms with Crippen molar-refractivity contribution in [2.45, 2.75) is 0 Å². The standard InChI is InChI=1S/C32H26O4.2C5H5.Zr/c1-33-23-13-21(14-24(19-23)34-2)17-31-29-11-7-5-9-27(29)28-10-6-8-12-30(28)32(31)18-22-15-25(35-3)20-26(16-22)36-4;2*1-2-4-5-3-1;/h5-16,19-20H,1-4H3;2*1-5H;/q-2;;;+2. The molecule has 4 nitrogen and oxygen atoms in total. The van der Waals surface area contributed by atoms with E-state index in [1.54, 1.807) is 28.4 Å². The van der Waals surface area contributed by atoms with Crippen LogP contribution in [-0.2, 0) is 26.2 Å². The first kappa shape index (κ1) is 36.3. The molecule has 0 aliphatic heterocycles. The van der Waals surface area contributed by atoms with Crippen LogP contribution < -0.4 is 29.4 Å². The summed E-state index contributed by atoms with van der Waals surface area (Å²) in [5, 5.41) is 6.33. The zero-order valence-electron chi connectivity index (χ0n) is 27.0. The summed E-state index contributed by atoms with van der Waals surface area (Å²) >= 11 is 0. The molecule has 0 unspecified atom stereocenters. The smallest absolute Gasteiger partial charge is 0.504 e. The van der Waals surface area contributed by atoms with E-state index in [0.717, 1.165) is 43.1 Å². The summed E-state index contributed by atoms with van der Waals surface area (Å²) in [6.07, 6.45) is 27.3. The molecule has 5 aromatic rings. The molecular formula is C42H36O4Zr. The minimum absolute atomic E-state index is 0. The summed E-state index contributed by atoms with van der Waals surface area (Å²) in [6, 6.07) is 28.3. The van der Waals surface area contributed by atoms with Crippen LogP contribution in [0, 0.1) is 64.2 Å². The Bertz CT molecular complexity index is 1660. The van der Waals surface area contributed by atoms with Gasteiger partial charge in [0.2, 0.25) is 0 Å². The summed E-state index contributed by atoms with van der Waals surface area (Å²) in [5.41, 5.74) is 1.69. The van der Waals surface area contributed by atoms with Crippen molar-refractivity contribution in [2.75, 3.05) is 28.4 Å². The minimum Gasteiger partial charge on any atom is -0.504 e. The average Bonchev–Trinajstić information content (AvgIpc) is 3.90. The van der Waals surface area contributed by atoms with Gasteiger partial charge in [-0.1, -0.05) is 83.6 Å². The first-order chi connectivity index (χ1) is 22.6. The Hall–Kier alpha value is -3.56. The van der Waals surface area contributed by atoms with Crippen molar-refractivity contribution in [3.8, 4) is 23.0 Å². The number of fused-ring (bicyclic) bond motifs is 3. The Kier molecular flexibility index (Phi) is 14.4. The molecular weight excluding hydrogens is 660 g/mol. The summed E-state index contributed by atoms with van der Waals surface area (Å²) in [4.78, 5) is 0. The van der Waals surface area contributed by atoms with Crippen molar-refractivity contribution in [3.05, 3.63) is 171 Å². The third-order valence-corrected chi connectivity index (χ3v) is 7.29. The van der Waals surface area contributed by atoms with E-state index >= 15 is 0 Å². The van der Waals surface area contributed by atoms with Crippen LogP contribution in [0.25, 0.3) is 33.7 Å². The molecule has 0 bridgehead atoms. The fourth-order valence-electron chi connectivity index (χ4n) is 5.09. The molecule has 0 atom stereocenters. The summed E-state index contributed by atoms with van der Waals surface area (Å²) < 4.78 is 22.0. The molecule has 2 fully saturated rings. The summed E-state index contributed by atoms with van der Waals surface area (Å²) in [6.45, 7) is 0. The maximum absolute atomic E-state index is 5.51. The van der Waals surface area contributed by atoms with Crippen molar-refractivity contribution in [1.29, 1.82) is 0 Å². The normalized spacial score (nSPS) is 14.5. The Balaban J connectivity index is 0.000000387. The van der Waals surface area contributed by atoms with Crippen LogP contribution in [0.3, 0.4) is 0 Å². The van der Waals surface area contributed by atoms with Gasteiger partial charge in [0.25, 0.3) is 0 Å². The van der Waals surface area contributed by atoms with Crippen LogP contribution in [0.15, 0.2) is 84.9 Å². The summed E-state index contributed by atoms with van der Waals surface area (Å²) in [7, 11) is 6.58. The quantitative estimate of drug-likeness (QED) is 0.136. The maximum Gasteiger partial charge on any atom is 2.00 e. The molecule has 2 aliphatic carbocycles. The van der Waals surface area contributed by atoms with E-state index in [9.17, 15) is 0 Å². The van der Waals surface area contributed by atoms with Gasteiger partial charge in [-0.15, -0.1) is 21.9 Å². The predicted molar refractivity (Wildman–Crippen MR) is 188 cm³/mol. The second-order valence-corrected chi connectivity index (χ2v) is 10.2. The van der Waals surface area contributed by atoms with E-state index < -0.39 is 0 Å². The molecule has 0 aromatic heterocycles. The zero-order valence-corrected chi connectivity index (χ0v) is 29.4. The van der Waals surface area contributed by atoms with Crippen LogP contribution >= 0.6 is 0 Å². The molecule has 5 heteroatoms. The SMILES string of the molecule is COc1cc([C-]=c2c(=[C-]c3cc(OC)cc(OC)c3)c3ccccc3c3ccccc23)cc(OC)c1.[CH]1[CH][CH][CH][CH]1.[CH]1[CH][CH][CH][CH]1.[Zr+2]. The summed E-state index contributed by atoms with van der Waals surface area (Å²) in [5.74, 6) is 2.81. The Morgan fingerprint density at radius 1 is 0.362 bits per heavy atom. The van der Waals surface area contributed by atoms with Crippen LogP contribution in [0.1, 0.15) is 11.1 Å². The first-order valence-corrected chi connectivity index (χ1v) is 14.9. The fraction of sp³-hybridized carbons (Fsp3) is 0.0952. The maximum atomic E-state index is 5.51. The molecule has 7 rings (SSSR count). The fourth-order valence-corrected chi connectivity index (χ4v) is 5.09. The molecule has 0 saturated heterocycles. The number of hydrogen-bond donors (Lipinski definition) is 0. The Labute approximate surface area is 299 Å². The topological polar surface area (TPSA) is 36.9 Å². The molecule has 10 radical (unpaired) electrons. The molecule has 0 heterocycles. The molecule has 2 aliphatic rings. The van der Waals surface area contributed by atoms with Gasteiger partial charge in [-0.3, -0.25) is 0 Å². The monoisotopic (exact) mass is 694 g/mol. The van der Waals surface area contributed by atoms with Crippen molar-refractivity contribution in [2.24, 2.45) is 0 Å². The average molecular weight is 696 g/mol. The van der Waals surface area contributed by atoms with Gasteiger partial charge in [-0.25, -0.2) is 0 Å². The number of hydrogen-bond acceptors (Lipinski definition) is 4. The van der Waals surface area contributed by atoms with Crippen LogP contribution in [0.2, 0.25) is 0 Å². The first-order valence-electron chi connectivity index (χ1n) is 14.9. The number of rotatable bonds is 6. The van der Waals surface area contributed by atoms with E-state index in [1.165, 1.54) is 0 Å². The zero-order chi connectivity index (χ0) is 32.1. The number of methoxy groups -OCH3 is 4. The molecule has 2 saturated carbocycles. The third kappa shape index (κ3) is 9.74. The minimum atomic E-state index is 0. The van der Waals surface area contributed by atoms with Crippen LogP contribution in [0.4, 0.5) is 0 Å². The van der Waals surface area contributed by atoms with Gasteiger partial charge in [0, 0.05) is 12.1 Å². The molecule has 0 amide bonds. The van der Waals surface area contributed by atoms with Gasteiger partial charge in [0.15, 0.2) is 0 Å². The van der Waals surface area contributed by atoms with Crippen molar-refractivity contribution in [1.82, 2.24) is 0 Å². The van der Waals surface area contributed by atoms with Crippen LogP contribution in [-0.4, -0.2) is 28.4 Å². The van der Waals surface area contributed by atoms with Gasteiger partial charge in [-0.2, -0.15) is 22.6 Å². The molecule has 5 aromatic carbocycles. The molecule has 47 heavy (non-hydrogen) atoms. The van der Waals surface area contributed by atoms with Gasteiger partial charge in [-0.05, 0) is 64.2 Å².